The van der Waals surface area contributed by atoms with E-state index in [-0.39, 0.29) is 11.9 Å². The number of nitrogens with one attached hydrogen (secondary N) is 1. The van der Waals surface area contributed by atoms with Crippen LogP contribution in [0.1, 0.15) is 22.0 Å². The maximum Gasteiger partial charge on any atom is 0.254 e. The first-order valence-corrected chi connectivity index (χ1v) is 8.87. The van der Waals surface area contributed by atoms with Crippen molar-refractivity contribution in [3.63, 3.8) is 0 Å². The molecule has 0 aliphatic carbocycles. The van der Waals surface area contributed by atoms with E-state index in [4.69, 9.17) is 4.74 Å². The summed E-state index contributed by atoms with van der Waals surface area (Å²) in [6, 6.07) is 11.3. The number of aromatic nitrogens is 3. The smallest absolute Gasteiger partial charge is 0.254 e. The second-order valence-corrected chi connectivity index (χ2v) is 6.33. The van der Waals surface area contributed by atoms with Crippen LogP contribution in [-0.2, 0) is 0 Å². The molecule has 1 aliphatic rings. The second kappa shape index (κ2) is 7.59. The van der Waals surface area contributed by atoms with Gasteiger partial charge in [-0.2, -0.15) is 0 Å². The largest absolute Gasteiger partial charge is 0.496 e. The van der Waals surface area contributed by atoms with Crippen molar-refractivity contribution in [1.82, 2.24) is 24.8 Å². The Morgan fingerprint density at radius 3 is 2.96 bits per heavy atom. The molecule has 0 radical (unpaired) electrons. The summed E-state index contributed by atoms with van der Waals surface area (Å²) in [7, 11) is 1.65. The van der Waals surface area contributed by atoms with Crippen LogP contribution in [0.15, 0.2) is 61.3 Å². The lowest BCUT2D eigenvalue weighted by atomic mass is 10.0. The number of nitrogens with zero attached hydrogens (tertiary/aromatic N) is 4. The SMILES string of the molecule is COc1ccccc1C1CNCCN1C(=O)c1ccnc(-n2ccnc2)c1. The van der Waals surface area contributed by atoms with E-state index in [0.29, 0.717) is 24.5 Å². The first kappa shape index (κ1) is 17.2. The van der Waals surface area contributed by atoms with Gasteiger partial charge >= 0.3 is 0 Å². The van der Waals surface area contributed by atoms with Crippen molar-refractivity contribution in [1.29, 1.82) is 0 Å². The molecule has 1 amide bonds. The Balaban J connectivity index is 1.66. The fourth-order valence-corrected chi connectivity index (χ4v) is 3.42. The molecular weight excluding hydrogens is 342 g/mol. The van der Waals surface area contributed by atoms with Gasteiger partial charge in [-0.05, 0) is 18.2 Å². The Bertz CT molecular complexity index is 926. The average molecular weight is 363 g/mol. The van der Waals surface area contributed by atoms with Crippen LogP contribution in [0.4, 0.5) is 0 Å². The number of imidazole rings is 1. The normalized spacial score (nSPS) is 16.9. The van der Waals surface area contributed by atoms with Crippen molar-refractivity contribution in [3.05, 3.63) is 72.4 Å². The number of benzene rings is 1. The van der Waals surface area contributed by atoms with E-state index >= 15 is 0 Å². The molecule has 1 unspecified atom stereocenters. The Morgan fingerprint density at radius 2 is 2.15 bits per heavy atom. The first-order chi connectivity index (χ1) is 13.3. The highest BCUT2D eigenvalue weighted by Gasteiger charge is 2.30. The quantitative estimate of drug-likeness (QED) is 0.768. The zero-order valence-corrected chi connectivity index (χ0v) is 15.1. The third kappa shape index (κ3) is 3.41. The summed E-state index contributed by atoms with van der Waals surface area (Å²) in [5, 5.41) is 3.38. The van der Waals surface area contributed by atoms with E-state index in [2.05, 4.69) is 15.3 Å². The molecule has 3 heterocycles. The number of hydrogen-bond acceptors (Lipinski definition) is 5. The van der Waals surface area contributed by atoms with Crippen LogP contribution in [0.25, 0.3) is 5.82 Å². The predicted molar refractivity (Wildman–Crippen MR) is 101 cm³/mol. The Labute approximate surface area is 157 Å². The summed E-state index contributed by atoms with van der Waals surface area (Å²) in [5.41, 5.74) is 1.61. The highest BCUT2D eigenvalue weighted by Crippen LogP contribution is 2.31. The van der Waals surface area contributed by atoms with E-state index in [1.54, 1.807) is 48.7 Å². The molecular formula is C20H21N5O2. The highest BCUT2D eigenvalue weighted by atomic mass is 16.5. The van der Waals surface area contributed by atoms with Gasteiger partial charge in [-0.15, -0.1) is 0 Å². The predicted octanol–water partition coefficient (Wildman–Crippen LogP) is 2.06. The molecule has 3 aromatic rings. The van der Waals surface area contributed by atoms with Gasteiger partial charge in [0.25, 0.3) is 5.91 Å². The minimum absolute atomic E-state index is 0.0174. The number of rotatable bonds is 4. The van der Waals surface area contributed by atoms with E-state index in [9.17, 15) is 4.79 Å². The van der Waals surface area contributed by atoms with Crippen molar-refractivity contribution in [2.24, 2.45) is 0 Å². The van der Waals surface area contributed by atoms with Gasteiger partial charge in [-0.25, -0.2) is 9.97 Å². The summed E-state index contributed by atoms with van der Waals surface area (Å²) < 4.78 is 7.30. The van der Waals surface area contributed by atoms with Gasteiger partial charge in [0.05, 0.1) is 13.2 Å². The summed E-state index contributed by atoms with van der Waals surface area (Å²) in [4.78, 5) is 23.6. The highest BCUT2D eigenvalue weighted by molar-refractivity contribution is 5.95. The minimum Gasteiger partial charge on any atom is -0.496 e. The monoisotopic (exact) mass is 363 g/mol. The number of ether oxygens (including phenoxy) is 1. The van der Waals surface area contributed by atoms with Crippen molar-refractivity contribution in [3.8, 4) is 11.6 Å². The number of carbonyl (C=O) groups excluding carboxylic acids is 1. The van der Waals surface area contributed by atoms with Gasteiger partial charge in [0, 0.05) is 49.4 Å². The zero-order chi connectivity index (χ0) is 18.6. The number of hydrogen-bond donors (Lipinski definition) is 1. The maximum atomic E-state index is 13.3. The molecule has 1 aromatic carbocycles. The third-order valence-electron chi connectivity index (χ3n) is 4.76. The van der Waals surface area contributed by atoms with Crippen LogP contribution in [0.2, 0.25) is 0 Å². The summed E-state index contributed by atoms with van der Waals surface area (Å²) in [5.74, 6) is 1.44. The molecule has 7 heteroatoms. The Morgan fingerprint density at radius 1 is 1.26 bits per heavy atom. The van der Waals surface area contributed by atoms with Gasteiger partial charge in [0.15, 0.2) is 0 Å². The number of methoxy groups -OCH3 is 1. The van der Waals surface area contributed by atoms with Crippen molar-refractivity contribution in [2.45, 2.75) is 6.04 Å². The molecule has 1 saturated heterocycles. The molecule has 1 aliphatic heterocycles. The van der Waals surface area contributed by atoms with Crippen LogP contribution in [0, 0.1) is 0 Å². The van der Waals surface area contributed by atoms with Gasteiger partial charge < -0.3 is 15.0 Å². The molecule has 138 valence electrons. The average Bonchev–Trinajstić information content (AvgIpc) is 3.28. The molecule has 1 atom stereocenters. The zero-order valence-electron chi connectivity index (χ0n) is 15.1. The molecule has 0 spiro atoms. The van der Waals surface area contributed by atoms with E-state index in [0.717, 1.165) is 17.9 Å². The number of piperazine rings is 1. The van der Waals surface area contributed by atoms with Crippen LogP contribution in [0.5, 0.6) is 5.75 Å². The Kier molecular flexibility index (Phi) is 4.84. The van der Waals surface area contributed by atoms with Crippen molar-refractivity contribution < 1.29 is 9.53 Å². The Hall–Kier alpha value is -3.19. The van der Waals surface area contributed by atoms with Gasteiger partial charge in [0.2, 0.25) is 0 Å². The van der Waals surface area contributed by atoms with Gasteiger partial charge in [-0.3, -0.25) is 9.36 Å². The summed E-state index contributed by atoms with van der Waals surface area (Å²) >= 11 is 0. The molecule has 0 bridgehead atoms. The number of carbonyl (C=O) groups is 1. The topological polar surface area (TPSA) is 72.3 Å². The maximum absolute atomic E-state index is 13.3. The lowest BCUT2D eigenvalue weighted by Gasteiger charge is -2.37. The summed E-state index contributed by atoms with van der Waals surface area (Å²) in [6.07, 6.45) is 6.81. The van der Waals surface area contributed by atoms with E-state index < -0.39 is 0 Å². The van der Waals surface area contributed by atoms with Crippen LogP contribution < -0.4 is 10.1 Å². The minimum atomic E-state index is -0.0905. The fraction of sp³-hybridized carbons (Fsp3) is 0.250. The standard InChI is InChI=1S/C20H21N5O2/c1-27-18-5-3-2-4-16(18)17-13-21-9-11-25(17)20(26)15-6-7-23-19(12-15)24-10-8-22-14-24/h2-8,10,12,14,17,21H,9,11,13H2,1H3. The molecule has 0 saturated carbocycles. The van der Waals surface area contributed by atoms with Crippen molar-refractivity contribution >= 4 is 5.91 Å². The van der Waals surface area contributed by atoms with E-state index in [1.165, 1.54) is 0 Å². The molecule has 7 nitrogen and oxygen atoms in total. The van der Waals surface area contributed by atoms with Crippen LogP contribution in [-0.4, -0.2) is 52.1 Å². The first-order valence-electron chi connectivity index (χ1n) is 8.87. The molecule has 27 heavy (non-hydrogen) atoms. The van der Waals surface area contributed by atoms with Gasteiger partial charge in [-0.1, -0.05) is 18.2 Å². The number of para-hydroxylation sites is 1. The number of pyridine rings is 1. The van der Waals surface area contributed by atoms with Crippen molar-refractivity contribution in [2.75, 3.05) is 26.7 Å². The van der Waals surface area contributed by atoms with E-state index in [1.807, 2.05) is 29.2 Å². The molecule has 2 aromatic heterocycles. The number of amides is 1. The second-order valence-electron chi connectivity index (χ2n) is 6.33. The molecule has 1 N–H and O–H groups in total. The third-order valence-corrected chi connectivity index (χ3v) is 4.76. The molecule has 4 rings (SSSR count). The summed E-state index contributed by atoms with van der Waals surface area (Å²) in [6.45, 7) is 2.08. The lowest BCUT2D eigenvalue weighted by molar-refractivity contribution is 0.0631. The van der Waals surface area contributed by atoms with Gasteiger partial charge in [0.1, 0.15) is 17.9 Å². The lowest BCUT2D eigenvalue weighted by Crippen LogP contribution is -2.48. The van der Waals surface area contributed by atoms with Crippen LogP contribution >= 0.6 is 0 Å². The fourth-order valence-electron chi connectivity index (χ4n) is 3.42. The van der Waals surface area contributed by atoms with Crippen LogP contribution in [0.3, 0.4) is 0 Å². The molecule has 1 fully saturated rings.